The van der Waals surface area contributed by atoms with E-state index in [1.54, 1.807) is 54.1 Å². The first kappa shape index (κ1) is 19.5. The summed E-state index contributed by atoms with van der Waals surface area (Å²) in [6.07, 6.45) is -2.90. The number of fused-ring (bicyclic) bond motifs is 1. The number of aryl methyl sites for hydroxylation is 1. The molecule has 0 fully saturated rings. The van der Waals surface area contributed by atoms with E-state index in [0.717, 1.165) is 5.39 Å². The summed E-state index contributed by atoms with van der Waals surface area (Å²) < 4.78 is 48.0. The molecule has 0 aliphatic rings. The van der Waals surface area contributed by atoms with Gasteiger partial charge in [-0.3, -0.25) is 0 Å². The second-order valence-corrected chi connectivity index (χ2v) is 7.68. The van der Waals surface area contributed by atoms with Crippen molar-refractivity contribution in [1.29, 1.82) is 0 Å². The third-order valence-corrected chi connectivity index (χ3v) is 5.76. The van der Waals surface area contributed by atoms with Gasteiger partial charge in [-0.05, 0) is 23.8 Å². The Labute approximate surface area is 168 Å². The van der Waals surface area contributed by atoms with Gasteiger partial charge in [0.05, 0.1) is 12.8 Å². The van der Waals surface area contributed by atoms with Crippen molar-refractivity contribution in [1.82, 2.24) is 9.55 Å². The summed E-state index contributed by atoms with van der Waals surface area (Å²) in [6.45, 7) is -0.103. The lowest BCUT2D eigenvalue weighted by Crippen LogP contribution is -2.03. The minimum atomic E-state index is -4.43. The van der Waals surface area contributed by atoms with Gasteiger partial charge in [-0.25, -0.2) is 4.98 Å². The lowest BCUT2D eigenvalue weighted by atomic mass is 10.1. The van der Waals surface area contributed by atoms with Crippen LogP contribution in [-0.2, 0) is 26.4 Å². The van der Waals surface area contributed by atoms with E-state index in [4.69, 9.17) is 4.74 Å². The number of hydrogen-bond donors (Lipinski definition) is 1. The highest BCUT2D eigenvalue weighted by Gasteiger charge is 2.36. The molecule has 0 amide bonds. The highest BCUT2D eigenvalue weighted by Crippen LogP contribution is 2.43. The number of aromatic nitrogens is 2. The van der Waals surface area contributed by atoms with Crippen LogP contribution in [0.15, 0.2) is 54.7 Å². The molecule has 0 saturated heterocycles. The fourth-order valence-electron chi connectivity index (χ4n) is 3.19. The van der Waals surface area contributed by atoms with E-state index in [-0.39, 0.29) is 18.8 Å². The van der Waals surface area contributed by atoms with Crippen LogP contribution in [0.2, 0.25) is 0 Å². The van der Waals surface area contributed by atoms with Gasteiger partial charge < -0.3 is 14.4 Å². The molecule has 8 heteroatoms. The Balaban J connectivity index is 1.60. The van der Waals surface area contributed by atoms with Gasteiger partial charge in [0, 0.05) is 28.6 Å². The molecule has 0 unspecified atom stereocenters. The van der Waals surface area contributed by atoms with Crippen molar-refractivity contribution in [3.05, 3.63) is 70.2 Å². The average Bonchev–Trinajstić information content (AvgIpc) is 3.28. The van der Waals surface area contributed by atoms with Gasteiger partial charge in [0.25, 0.3) is 0 Å². The zero-order valence-electron chi connectivity index (χ0n) is 15.4. The molecule has 3 heterocycles. The molecule has 0 atom stereocenters. The summed E-state index contributed by atoms with van der Waals surface area (Å²) in [5, 5.41) is 10.2. The van der Waals surface area contributed by atoms with Crippen LogP contribution in [0.25, 0.3) is 22.2 Å². The fraction of sp³-hybridized carbons (Fsp3) is 0.190. The Bertz CT molecular complexity index is 1150. The molecule has 0 saturated carbocycles. The molecule has 0 aliphatic carbocycles. The Morgan fingerprint density at radius 3 is 2.59 bits per heavy atom. The van der Waals surface area contributed by atoms with Crippen LogP contribution >= 0.6 is 11.3 Å². The van der Waals surface area contributed by atoms with Crippen molar-refractivity contribution in [3.63, 3.8) is 0 Å². The summed E-state index contributed by atoms with van der Waals surface area (Å²) in [6, 6.07) is 13.6. The van der Waals surface area contributed by atoms with Gasteiger partial charge in [0.2, 0.25) is 0 Å². The molecular weight excluding hydrogens is 401 g/mol. The maximum atomic E-state index is 13.5. The molecule has 3 aromatic heterocycles. The summed E-state index contributed by atoms with van der Waals surface area (Å²) in [5.41, 5.74) is 2.09. The van der Waals surface area contributed by atoms with Crippen LogP contribution in [0.1, 0.15) is 15.4 Å². The highest BCUT2D eigenvalue weighted by molar-refractivity contribution is 7.12. The number of rotatable bonds is 5. The highest BCUT2D eigenvalue weighted by atomic mass is 32.1. The van der Waals surface area contributed by atoms with Gasteiger partial charge in [0.15, 0.2) is 0 Å². The standard InChI is InChI=1S/C21H17F3N2O2S/c1-26-15(11-27)7-14-8-16(10-25-20(14)26)28-12-17-9-18(13-5-3-2-4-6-13)19(29-17)21(22,23)24/h2-10,27H,11-12H2,1H3. The number of thiophene rings is 1. The Morgan fingerprint density at radius 1 is 1.14 bits per heavy atom. The number of aliphatic hydroxyl groups is 1. The van der Waals surface area contributed by atoms with Gasteiger partial charge in [-0.15, -0.1) is 11.3 Å². The van der Waals surface area contributed by atoms with Crippen LogP contribution in [0.3, 0.4) is 0 Å². The average molecular weight is 418 g/mol. The first-order valence-corrected chi connectivity index (χ1v) is 9.62. The summed E-state index contributed by atoms with van der Waals surface area (Å²) in [5.74, 6) is 0.454. The summed E-state index contributed by atoms with van der Waals surface area (Å²) in [4.78, 5) is 4.16. The van der Waals surface area contributed by atoms with Gasteiger partial charge >= 0.3 is 6.18 Å². The first-order valence-electron chi connectivity index (χ1n) is 8.80. The molecule has 29 heavy (non-hydrogen) atoms. The maximum Gasteiger partial charge on any atom is 0.426 e. The maximum absolute atomic E-state index is 13.5. The Hall–Kier alpha value is -2.84. The zero-order valence-corrected chi connectivity index (χ0v) is 16.2. The largest absolute Gasteiger partial charge is 0.486 e. The van der Waals surface area contributed by atoms with Crippen LogP contribution in [0, 0.1) is 0 Å². The number of halogens is 3. The topological polar surface area (TPSA) is 47.3 Å². The summed E-state index contributed by atoms with van der Waals surface area (Å²) in [7, 11) is 1.80. The minimum absolute atomic E-state index is 0.00740. The molecule has 150 valence electrons. The third-order valence-electron chi connectivity index (χ3n) is 4.61. The monoisotopic (exact) mass is 418 g/mol. The molecule has 0 bridgehead atoms. The lowest BCUT2D eigenvalue weighted by molar-refractivity contribution is -0.133. The van der Waals surface area contributed by atoms with Gasteiger partial charge in [0.1, 0.15) is 22.9 Å². The molecule has 0 radical (unpaired) electrons. The number of ether oxygens (including phenoxy) is 1. The van der Waals surface area contributed by atoms with Crippen LogP contribution in [0.5, 0.6) is 5.75 Å². The van der Waals surface area contributed by atoms with Crippen molar-refractivity contribution in [2.24, 2.45) is 7.05 Å². The number of pyridine rings is 1. The van der Waals surface area contributed by atoms with Crippen molar-refractivity contribution < 1.29 is 23.0 Å². The van der Waals surface area contributed by atoms with E-state index < -0.39 is 11.1 Å². The minimum Gasteiger partial charge on any atom is -0.486 e. The summed E-state index contributed by atoms with van der Waals surface area (Å²) >= 11 is 0.687. The van der Waals surface area contributed by atoms with Crippen LogP contribution in [-0.4, -0.2) is 14.7 Å². The van der Waals surface area contributed by atoms with Crippen molar-refractivity contribution >= 4 is 22.4 Å². The quantitative estimate of drug-likeness (QED) is 0.473. The number of nitrogens with zero attached hydrogens (tertiary/aromatic N) is 2. The number of alkyl halides is 3. The number of aliphatic hydroxyl groups excluding tert-OH is 1. The molecular formula is C21H17F3N2O2S. The van der Waals surface area contributed by atoms with Crippen molar-refractivity contribution in [3.8, 4) is 16.9 Å². The van der Waals surface area contributed by atoms with E-state index in [9.17, 15) is 18.3 Å². The lowest BCUT2D eigenvalue weighted by Gasteiger charge is -2.07. The van der Waals surface area contributed by atoms with Crippen LogP contribution < -0.4 is 4.74 Å². The molecule has 4 nitrogen and oxygen atoms in total. The normalized spacial score (nSPS) is 11.9. The van der Waals surface area contributed by atoms with Gasteiger partial charge in [-0.2, -0.15) is 13.2 Å². The molecule has 1 N–H and O–H groups in total. The first-order chi connectivity index (χ1) is 13.9. The zero-order chi connectivity index (χ0) is 20.6. The van der Waals surface area contributed by atoms with Crippen LogP contribution in [0.4, 0.5) is 13.2 Å². The van der Waals surface area contributed by atoms with E-state index in [1.165, 1.54) is 12.3 Å². The molecule has 4 aromatic rings. The van der Waals surface area contributed by atoms with Gasteiger partial charge in [-0.1, -0.05) is 30.3 Å². The fourth-order valence-corrected chi connectivity index (χ4v) is 4.15. The third kappa shape index (κ3) is 3.86. The smallest absolute Gasteiger partial charge is 0.426 e. The number of hydrogen-bond acceptors (Lipinski definition) is 4. The molecule has 1 aromatic carbocycles. The van der Waals surface area contributed by atoms with E-state index in [1.807, 2.05) is 0 Å². The van der Waals surface area contributed by atoms with Crippen molar-refractivity contribution in [2.75, 3.05) is 0 Å². The molecule has 0 spiro atoms. The second-order valence-electron chi connectivity index (χ2n) is 6.54. The van der Waals surface area contributed by atoms with Crippen molar-refractivity contribution in [2.45, 2.75) is 19.4 Å². The van der Waals surface area contributed by atoms with E-state index in [0.29, 0.717) is 38.9 Å². The van der Waals surface area contributed by atoms with E-state index >= 15 is 0 Å². The van der Waals surface area contributed by atoms with E-state index in [2.05, 4.69) is 4.98 Å². The SMILES string of the molecule is Cn1c(CO)cc2cc(OCc3cc(-c4ccccc4)c(C(F)(F)F)s3)cnc21. The predicted molar refractivity (Wildman–Crippen MR) is 106 cm³/mol. The Kier molecular flexibility index (Phi) is 5.06. The number of benzene rings is 1. The Morgan fingerprint density at radius 2 is 1.90 bits per heavy atom. The molecule has 4 rings (SSSR count). The second kappa shape index (κ2) is 7.53. The molecule has 0 aliphatic heterocycles. The predicted octanol–water partition coefficient (Wildman–Crippen LogP) is 5.39.